The SMILES string of the molecule is O=C(Nc1cnccc1Cl)C(F)(F)C(F)F. The number of anilines is 1. The molecule has 1 aromatic heterocycles. The number of hydrogen-bond donors (Lipinski definition) is 1. The van der Waals surface area contributed by atoms with E-state index in [-0.39, 0.29) is 10.7 Å². The second-order valence-electron chi connectivity index (χ2n) is 2.73. The van der Waals surface area contributed by atoms with Crippen molar-refractivity contribution in [1.82, 2.24) is 4.98 Å². The van der Waals surface area contributed by atoms with Crippen molar-refractivity contribution >= 4 is 23.2 Å². The van der Waals surface area contributed by atoms with Crippen LogP contribution in [0.15, 0.2) is 18.5 Å². The molecule has 0 aliphatic heterocycles. The predicted molar refractivity (Wildman–Crippen MR) is 48.8 cm³/mol. The number of nitrogens with zero attached hydrogens (tertiary/aromatic N) is 1. The van der Waals surface area contributed by atoms with E-state index < -0.39 is 18.3 Å². The predicted octanol–water partition coefficient (Wildman–Crippen LogP) is 2.57. The summed E-state index contributed by atoms with van der Waals surface area (Å²) in [5, 5.41) is 1.49. The first-order chi connectivity index (χ1) is 7.35. The van der Waals surface area contributed by atoms with Gasteiger partial charge in [-0.2, -0.15) is 8.78 Å². The molecule has 0 spiro atoms. The average molecular weight is 257 g/mol. The number of aromatic nitrogens is 1. The number of halogens is 5. The normalized spacial score (nSPS) is 11.6. The molecule has 0 saturated heterocycles. The van der Waals surface area contributed by atoms with Gasteiger partial charge in [0, 0.05) is 6.20 Å². The van der Waals surface area contributed by atoms with E-state index in [9.17, 15) is 22.4 Å². The first-order valence-corrected chi connectivity index (χ1v) is 4.30. The largest absolute Gasteiger partial charge is 0.383 e. The lowest BCUT2D eigenvalue weighted by atomic mass is 10.3. The summed E-state index contributed by atoms with van der Waals surface area (Å²) in [5.41, 5.74) is -0.255. The number of carbonyl (C=O) groups excluding carboxylic acids is 1. The third-order valence-corrected chi connectivity index (χ3v) is 1.92. The maximum atomic E-state index is 12.5. The van der Waals surface area contributed by atoms with Gasteiger partial charge in [-0.25, -0.2) is 8.78 Å². The van der Waals surface area contributed by atoms with E-state index in [1.165, 1.54) is 12.3 Å². The number of rotatable bonds is 3. The van der Waals surface area contributed by atoms with Gasteiger partial charge in [0.2, 0.25) is 0 Å². The van der Waals surface area contributed by atoms with Crippen molar-refractivity contribution in [3.05, 3.63) is 23.5 Å². The molecule has 88 valence electrons. The van der Waals surface area contributed by atoms with Gasteiger partial charge >= 0.3 is 18.3 Å². The molecule has 0 radical (unpaired) electrons. The first-order valence-electron chi connectivity index (χ1n) is 3.92. The van der Waals surface area contributed by atoms with E-state index in [0.29, 0.717) is 0 Å². The zero-order chi connectivity index (χ0) is 12.3. The molecule has 0 bridgehead atoms. The van der Waals surface area contributed by atoms with Gasteiger partial charge in [0.1, 0.15) is 0 Å². The molecule has 0 atom stereocenters. The lowest BCUT2D eigenvalue weighted by Gasteiger charge is -2.14. The number of nitrogens with one attached hydrogen (secondary N) is 1. The molecule has 0 fully saturated rings. The smallest absolute Gasteiger partial charge is 0.318 e. The van der Waals surface area contributed by atoms with E-state index >= 15 is 0 Å². The van der Waals surface area contributed by atoms with Gasteiger partial charge in [-0.15, -0.1) is 0 Å². The second kappa shape index (κ2) is 4.65. The molecule has 0 unspecified atom stereocenters. The minimum Gasteiger partial charge on any atom is -0.318 e. The van der Waals surface area contributed by atoms with Crippen molar-refractivity contribution < 1.29 is 22.4 Å². The molecule has 8 heteroatoms. The molecule has 0 aliphatic rings. The Kier molecular flexibility index (Phi) is 3.69. The first kappa shape index (κ1) is 12.7. The van der Waals surface area contributed by atoms with Crippen molar-refractivity contribution in [3.8, 4) is 0 Å². The quantitative estimate of drug-likeness (QED) is 0.845. The Bertz CT molecular complexity index is 399. The van der Waals surface area contributed by atoms with E-state index in [4.69, 9.17) is 11.6 Å². The van der Waals surface area contributed by atoms with Crippen LogP contribution in [-0.2, 0) is 4.79 Å². The molecular formula is C8H5ClF4N2O. The van der Waals surface area contributed by atoms with Crippen LogP contribution in [0.5, 0.6) is 0 Å². The maximum absolute atomic E-state index is 12.5. The zero-order valence-corrected chi connectivity index (χ0v) is 8.31. The molecule has 1 N–H and O–H groups in total. The molecule has 1 rings (SSSR count). The Morgan fingerprint density at radius 2 is 2.12 bits per heavy atom. The monoisotopic (exact) mass is 256 g/mol. The summed E-state index contributed by atoms with van der Waals surface area (Å²) in [7, 11) is 0. The summed E-state index contributed by atoms with van der Waals surface area (Å²) in [6.45, 7) is 0. The number of hydrogen-bond acceptors (Lipinski definition) is 2. The zero-order valence-electron chi connectivity index (χ0n) is 7.55. The Morgan fingerprint density at radius 1 is 1.50 bits per heavy atom. The number of alkyl halides is 4. The van der Waals surface area contributed by atoms with E-state index in [2.05, 4.69) is 4.98 Å². The lowest BCUT2D eigenvalue weighted by Crippen LogP contribution is -2.41. The van der Waals surface area contributed by atoms with Crippen LogP contribution >= 0.6 is 11.6 Å². The van der Waals surface area contributed by atoms with Crippen LogP contribution < -0.4 is 5.32 Å². The van der Waals surface area contributed by atoms with Crippen LogP contribution in [-0.4, -0.2) is 23.2 Å². The Hall–Kier alpha value is -1.37. The summed E-state index contributed by atoms with van der Waals surface area (Å²) in [4.78, 5) is 14.3. The fourth-order valence-electron chi connectivity index (χ4n) is 0.774. The van der Waals surface area contributed by atoms with Gasteiger partial charge < -0.3 is 5.32 Å². The molecule has 16 heavy (non-hydrogen) atoms. The highest BCUT2D eigenvalue weighted by Crippen LogP contribution is 2.26. The van der Waals surface area contributed by atoms with E-state index in [0.717, 1.165) is 6.20 Å². The van der Waals surface area contributed by atoms with Crippen molar-refractivity contribution in [2.24, 2.45) is 0 Å². The Labute approximate surface area is 92.4 Å². The van der Waals surface area contributed by atoms with Gasteiger partial charge in [-0.05, 0) is 6.07 Å². The highest BCUT2D eigenvalue weighted by Gasteiger charge is 2.49. The van der Waals surface area contributed by atoms with Crippen molar-refractivity contribution in [3.63, 3.8) is 0 Å². The molecule has 3 nitrogen and oxygen atoms in total. The van der Waals surface area contributed by atoms with Crippen molar-refractivity contribution in [2.75, 3.05) is 5.32 Å². The topological polar surface area (TPSA) is 42.0 Å². The van der Waals surface area contributed by atoms with Crippen LogP contribution in [0.3, 0.4) is 0 Å². The maximum Gasteiger partial charge on any atom is 0.383 e. The summed E-state index contributed by atoms with van der Waals surface area (Å²) < 4.78 is 48.7. The Morgan fingerprint density at radius 3 is 2.62 bits per heavy atom. The molecule has 1 aromatic rings. The van der Waals surface area contributed by atoms with Crippen LogP contribution in [0.1, 0.15) is 0 Å². The van der Waals surface area contributed by atoms with Gasteiger partial charge in [-0.3, -0.25) is 9.78 Å². The molecule has 1 heterocycles. The minimum absolute atomic E-state index is 0.0755. The number of amides is 1. The minimum atomic E-state index is -4.76. The highest BCUT2D eigenvalue weighted by molar-refractivity contribution is 6.33. The summed E-state index contributed by atoms with van der Waals surface area (Å²) in [6, 6.07) is 1.22. The lowest BCUT2D eigenvalue weighted by molar-refractivity contribution is -0.163. The standard InChI is InChI=1S/C8H5ClF4N2O/c9-4-1-2-14-3-5(4)15-7(16)8(12,13)6(10)11/h1-3,6H,(H,15,16). The van der Waals surface area contributed by atoms with Crippen LogP contribution in [0, 0.1) is 0 Å². The Balaban J connectivity index is 2.84. The number of pyridine rings is 1. The molecule has 0 aromatic carbocycles. The van der Waals surface area contributed by atoms with Crippen LogP contribution in [0.4, 0.5) is 23.2 Å². The van der Waals surface area contributed by atoms with E-state index in [1.807, 2.05) is 0 Å². The van der Waals surface area contributed by atoms with Crippen LogP contribution in [0.2, 0.25) is 5.02 Å². The fraction of sp³-hybridized carbons (Fsp3) is 0.250. The third kappa shape index (κ3) is 2.60. The summed E-state index contributed by atoms with van der Waals surface area (Å²) >= 11 is 5.51. The van der Waals surface area contributed by atoms with Crippen molar-refractivity contribution in [1.29, 1.82) is 0 Å². The van der Waals surface area contributed by atoms with E-state index in [1.54, 1.807) is 5.32 Å². The second-order valence-corrected chi connectivity index (χ2v) is 3.14. The van der Waals surface area contributed by atoms with Crippen LogP contribution in [0.25, 0.3) is 0 Å². The fourth-order valence-corrected chi connectivity index (χ4v) is 0.927. The van der Waals surface area contributed by atoms with Crippen molar-refractivity contribution in [2.45, 2.75) is 12.3 Å². The summed E-state index contributed by atoms with van der Waals surface area (Å²) in [6.07, 6.45) is -1.85. The highest BCUT2D eigenvalue weighted by atomic mass is 35.5. The van der Waals surface area contributed by atoms with Gasteiger partial charge in [-0.1, -0.05) is 11.6 Å². The summed E-state index contributed by atoms with van der Waals surface area (Å²) in [5.74, 6) is -6.89. The molecule has 0 aliphatic carbocycles. The number of carbonyl (C=O) groups is 1. The average Bonchev–Trinajstić information content (AvgIpc) is 2.21. The van der Waals surface area contributed by atoms with Gasteiger partial charge in [0.25, 0.3) is 0 Å². The third-order valence-electron chi connectivity index (χ3n) is 1.59. The molecule has 1 amide bonds. The molecule has 0 saturated carbocycles. The van der Waals surface area contributed by atoms with Gasteiger partial charge in [0.15, 0.2) is 0 Å². The molecular weight excluding hydrogens is 252 g/mol. The van der Waals surface area contributed by atoms with Gasteiger partial charge in [0.05, 0.1) is 16.9 Å².